The van der Waals surface area contributed by atoms with E-state index in [9.17, 15) is 4.79 Å². The summed E-state index contributed by atoms with van der Waals surface area (Å²) in [7, 11) is 0. The fourth-order valence-corrected chi connectivity index (χ4v) is 2.37. The van der Waals surface area contributed by atoms with Gasteiger partial charge in [-0.2, -0.15) is 0 Å². The Kier molecular flexibility index (Phi) is 8.10. The van der Waals surface area contributed by atoms with Gasteiger partial charge >= 0.3 is 6.09 Å². The Morgan fingerprint density at radius 1 is 1.22 bits per heavy atom. The molecule has 0 bridgehead atoms. The number of benzene rings is 1. The number of amides is 1. The van der Waals surface area contributed by atoms with Crippen molar-refractivity contribution in [3.63, 3.8) is 0 Å². The fraction of sp³-hybridized carbons (Fsp3) is 0.632. The van der Waals surface area contributed by atoms with Crippen molar-refractivity contribution in [2.24, 2.45) is 0 Å². The number of carbonyl (C=O) groups is 1. The maximum Gasteiger partial charge on any atom is 0.410 e. The van der Waals surface area contributed by atoms with E-state index in [1.165, 1.54) is 5.56 Å². The van der Waals surface area contributed by atoms with Gasteiger partial charge in [0.05, 0.1) is 0 Å². The van der Waals surface area contributed by atoms with Crippen molar-refractivity contribution in [1.82, 2.24) is 10.2 Å². The molecule has 1 aromatic carbocycles. The van der Waals surface area contributed by atoms with Crippen molar-refractivity contribution in [3.05, 3.63) is 35.9 Å². The molecule has 0 saturated heterocycles. The minimum Gasteiger partial charge on any atom is -0.444 e. The van der Waals surface area contributed by atoms with Crippen LogP contribution in [0.25, 0.3) is 0 Å². The topological polar surface area (TPSA) is 41.6 Å². The van der Waals surface area contributed by atoms with Crippen LogP contribution in [0.2, 0.25) is 0 Å². The second-order valence-corrected chi connectivity index (χ2v) is 6.81. The van der Waals surface area contributed by atoms with Crippen LogP contribution in [0.4, 0.5) is 4.79 Å². The van der Waals surface area contributed by atoms with Crippen molar-refractivity contribution in [3.8, 4) is 0 Å². The van der Waals surface area contributed by atoms with E-state index in [1.54, 1.807) is 4.90 Å². The summed E-state index contributed by atoms with van der Waals surface area (Å²) in [6.45, 7) is 11.9. The number of hydrogen-bond acceptors (Lipinski definition) is 3. The SMILES string of the molecule is CCC(Cc1ccccc1)NCCN(CC)C(=O)OC(C)(C)C. The number of ether oxygens (including phenoxy) is 1. The van der Waals surface area contributed by atoms with Gasteiger partial charge in [0, 0.05) is 25.7 Å². The van der Waals surface area contributed by atoms with Crippen LogP contribution < -0.4 is 5.32 Å². The van der Waals surface area contributed by atoms with Gasteiger partial charge in [0.15, 0.2) is 0 Å². The Balaban J connectivity index is 2.41. The minimum absolute atomic E-state index is 0.238. The molecule has 1 unspecified atom stereocenters. The third-order valence-electron chi connectivity index (χ3n) is 3.67. The highest BCUT2D eigenvalue weighted by Gasteiger charge is 2.20. The van der Waals surface area contributed by atoms with Gasteiger partial charge in [0.2, 0.25) is 0 Å². The first-order valence-corrected chi connectivity index (χ1v) is 8.61. The van der Waals surface area contributed by atoms with Crippen LogP contribution in [0.15, 0.2) is 30.3 Å². The first-order chi connectivity index (χ1) is 10.9. The van der Waals surface area contributed by atoms with Crippen LogP contribution >= 0.6 is 0 Å². The summed E-state index contributed by atoms with van der Waals surface area (Å²) in [5.74, 6) is 0. The van der Waals surface area contributed by atoms with Crippen molar-refractivity contribution in [2.45, 2.75) is 59.1 Å². The summed E-state index contributed by atoms with van der Waals surface area (Å²) in [6.07, 6.45) is 1.83. The molecule has 1 amide bonds. The highest BCUT2D eigenvalue weighted by atomic mass is 16.6. The van der Waals surface area contributed by atoms with Gasteiger partial charge in [-0.1, -0.05) is 37.3 Å². The third kappa shape index (κ3) is 8.03. The molecule has 0 aliphatic rings. The molecule has 0 aromatic heterocycles. The zero-order valence-electron chi connectivity index (χ0n) is 15.3. The summed E-state index contributed by atoms with van der Waals surface area (Å²) in [5.41, 5.74) is 0.892. The first-order valence-electron chi connectivity index (χ1n) is 8.61. The maximum atomic E-state index is 12.1. The molecule has 1 atom stereocenters. The van der Waals surface area contributed by atoms with Crippen LogP contribution in [0.3, 0.4) is 0 Å². The zero-order valence-corrected chi connectivity index (χ0v) is 15.3. The molecule has 1 N–H and O–H groups in total. The lowest BCUT2D eigenvalue weighted by molar-refractivity contribution is 0.0261. The first kappa shape index (κ1) is 19.5. The summed E-state index contributed by atoms with van der Waals surface area (Å²) < 4.78 is 5.43. The predicted molar refractivity (Wildman–Crippen MR) is 95.7 cm³/mol. The lowest BCUT2D eigenvalue weighted by Gasteiger charge is -2.27. The van der Waals surface area contributed by atoms with E-state index >= 15 is 0 Å². The number of nitrogens with one attached hydrogen (secondary N) is 1. The Bertz CT molecular complexity index is 454. The van der Waals surface area contributed by atoms with Gasteiger partial charge in [-0.3, -0.25) is 0 Å². The molecular formula is C19H32N2O2. The molecule has 0 aliphatic carbocycles. The van der Waals surface area contributed by atoms with Crippen molar-refractivity contribution < 1.29 is 9.53 Å². The highest BCUT2D eigenvalue weighted by Crippen LogP contribution is 2.10. The summed E-state index contributed by atoms with van der Waals surface area (Å²) in [6, 6.07) is 10.9. The van der Waals surface area contributed by atoms with Crippen LogP contribution in [-0.4, -0.2) is 42.3 Å². The van der Waals surface area contributed by atoms with Crippen LogP contribution in [0.5, 0.6) is 0 Å². The molecule has 4 nitrogen and oxygen atoms in total. The van der Waals surface area contributed by atoms with Crippen molar-refractivity contribution in [1.29, 1.82) is 0 Å². The second kappa shape index (κ2) is 9.56. The molecule has 1 rings (SSSR count). The van der Waals surface area contributed by atoms with E-state index in [2.05, 4.69) is 36.5 Å². The molecule has 4 heteroatoms. The second-order valence-electron chi connectivity index (χ2n) is 6.81. The smallest absolute Gasteiger partial charge is 0.410 e. The molecular weight excluding hydrogens is 288 g/mol. The summed E-state index contributed by atoms with van der Waals surface area (Å²) in [4.78, 5) is 13.8. The molecule has 1 aromatic rings. The number of carbonyl (C=O) groups excluding carboxylic acids is 1. The van der Waals surface area contributed by atoms with E-state index in [4.69, 9.17) is 4.74 Å². The predicted octanol–water partition coefficient (Wildman–Crippen LogP) is 3.85. The van der Waals surface area contributed by atoms with Crippen molar-refractivity contribution in [2.75, 3.05) is 19.6 Å². The third-order valence-corrected chi connectivity index (χ3v) is 3.67. The standard InChI is InChI=1S/C19H32N2O2/c1-6-17(15-16-11-9-8-10-12-16)20-13-14-21(7-2)18(22)23-19(3,4)5/h8-12,17,20H,6-7,13-15H2,1-5H3. The van der Waals surface area contributed by atoms with E-state index in [0.29, 0.717) is 19.1 Å². The molecule has 23 heavy (non-hydrogen) atoms. The van der Waals surface area contributed by atoms with Crippen LogP contribution in [0.1, 0.15) is 46.6 Å². The molecule has 0 fully saturated rings. The molecule has 0 radical (unpaired) electrons. The van der Waals surface area contributed by atoms with Gasteiger partial charge in [0.1, 0.15) is 5.60 Å². The van der Waals surface area contributed by atoms with E-state index < -0.39 is 5.60 Å². The Hall–Kier alpha value is -1.55. The average Bonchev–Trinajstić information content (AvgIpc) is 2.49. The van der Waals surface area contributed by atoms with Gasteiger partial charge < -0.3 is 15.0 Å². The molecule has 0 aliphatic heterocycles. The zero-order chi connectivity index (χ0) is 17.3. The quantitative estimate of drug-likeness (QED) is 0.791. The highest BCUT2D eigenvalue weighted by molar-refractivity contribution is 5.68. The molecule has 130 valence electrons. The number of likely N-dealkylation sites (N-methyl/N-ethyl adjacent to an activating group) is 1. The van der Waals surface area contributed by atoms with Crippen LogP contribution in [0, 0.1) is 0 Å². The lowest BCUT2D eigenvalue weighted by Crippen LogP contribution is -2.42. The minimum atomic E-state index is -0.447. The van der Waals surface area contributed by atoms with E-state index in [-0.39, 0.29) is 6.09 Å². The summed E-state index contributed by atoms with van der Waals surface area (Å²) in [5, 5.41) is 3.55. The normalized spacial score (nSPS) is 12.7. The largest absolute Gasteiger partial charge is 0.444 e. The Morgan fingerprint density at radius 2 is 1.87 bits per heavy atom. The van der Waals surface area contributed by atoms with Gasteiger partial charge in [0.25, 0.3) is 0 Å². The summed E-state index contributed by atoms with van der Waals surface area (Å²) >= 11 is 0. The van der Waals surface area contributed by atoms with E-state index in [0.717, 1.165) is 19.4 Å². The van der Waals surface area contributed by atoms with Gasteiger partial charge in [-0.05, 0) is 46.1 Å². The average molecular weight is 320 g/mol. The van der Waals surface area contributed by atoms with E-state index in [1.807, 2.05) is 33.8 Å². The van der Waals surface area contributed by atoms with Crippen LogP contribution in [-0.2, 0) is 11.2 Å². The maximum absolute atomic E-state index is 12.1. The number of nitrogens with zero attached hydrogens (tertiary/aromatic N) is 1. The van der Waals surface area contributed by atoms with Crippen molar-refractivity contribution >= 4 is 6.09 Å². The number of hydrogen-bond donors (Lipinski definition) is 1. The van der Waals surface area contributed by atoms with Gasteiger partial charge in [-0.15, -0.1) is 0 Å². The molecule has 0 heterocycles. The Morgan fingerprint density at radius 3 is 2.39 bits per heavy atom. The number of rotatable bonds is 8. The molecule has 0 spiro atoms. The monoisotopic (exact) mass is 320 g/mol. The molecule has 0 saturated carbocycles. The Labute approximate surface area is 141 Å². The lowest BCUT2D eigenvalue weighted by atomic mass is 10.0. The fourth-order valence-electron chi connectivity index (χ4n) is 2.37. The van der Waals surface area contributed by atoms with Gasteiger partial charge in [-0.25, -0.2) is 4.79 Å².